The molecule has 0 radical (unpaired) electrons. The molecule has 0 atom stereocenters. The molecule has 1 amide bonds. The molecule has 32 heavy (non-hydrogen) atoms. The molecule has 1 fully saturated rings. The number of amides is 1. The standard InChI is InChI=1S/C24H24FIN4O2/c1-24(2)20-21(18-11-8-16(26)14-19(18)32-24)27-28-22(20)23(31)30(29-12-4-3-5-13-29)17-9-6-15(25)7-10-17/h6-11,14H,3-5,12-13H2,1-2H3,(H,27,28). The molecule has 3 aromatic rings. The first-order valence-corrected chi connectivity index (χ1v) is 11.9. The van der Waals surface area contributed by atoms with Crippen LogP contribution in [0.4, 0.5) is 10.1 Å². The number of aromatic amines is 1. The fraction of sp³-hybridized carbons (Fsp3) is 0.333. The fourth-order valence-electron chi connectivity index (χ4n) is 4.55. The van der Waals surface area contributed by atoms with Gasteiger partial charge in [0.25, 0.3) is 5.91 Å². The predicted octanol–water partition coefficient (Wildman–Crippen LogP) is 5.50. The number of halogens is 2. The van der Waals surface area contributed by atoms with Gasteiger partial charge in [-0.05, 0) is 91.7 Å². The van der Waals surface area contributed by atoms with E-state index >= 15 is 0 Å². The molecule has 0 unspecified atom stereocenters. The van der Waals surface area contributed by atoms with Crippen molar-refractivity contribution in [2.75, 3.05) is 18.1 Å². The first kappa shape index (κ1) is 21.4. The van der Waals surface area contributed by atoms with Crippen molar-refractivity contribution in [3.8, 4) is 17.0 Å². The number of carbonyl (C=O) groups is 1. The first-order chi connectivity index (χ1) is 15.3. The zero-order valence-electron chi connectivity index (χ0n) is 18.0. The minimum absolute atomic E-state index is 0.224. The van der Waals surface area contributed by atoms with E-state index in [0.29, 0.717) is 11.4 Å². The van der Waals surface area contributed by atoms with Crippen molar-refractivity contribution in [3.63, 3.8) is 0 Å². The average Bonchev–Trinajstić information content (AvgIpc) is 3.22. The van der Waals surface area contributed by atoms with Gasteiger partial charge in [-0.3, -0.25) is 9.89 Å². The van der Waals surface area contributed by atoms with Crippen LogP contribution in [0.2, 0.25) is 0 Å². The summed E-state index contributed by atoms with van der Waals surface area (Å²) in [5, 5.41) is 11.2. The Kier molecular flexibility index (Phi) is 5.45. The van der Waals surface area contributed by atoms with E-state index in [4.69, 9.17) is 4.74 Å². The van der Waals surface area contributed by atoms with Gasteiger partial charge in [0.1, 0.15) is 28.6 Å². The lowest BCUT2D eigenvalue weighted by atomic mass is 9.89. The van der Waals surface area contributed by atoms with Crippen LogP contribution in [-0.2, 0) is 5.60 Å². The highest BCUT2D eigenvalue weighted by atomic mass is 127. The Morgan fingerprint density at radius 3 is 2.59 bits per heavy atom. The van der Waals surface area contributed by atoms with Crippen molar-refractivity contribution < 1.29 is 13.9 Å². The van der Waals surface area contributed by atoms with Crippen molar-refractivity contribution in [3.05, 3.63) is 63.1 Å². The van der Waals surface area contributed by atoms with Crippen LogP contribution >= 0.6 is 22.6 Å². The molecule has 3 heterocycles. The maximum absolute atomic E-state index is 14.0. The van der Waals surface area contributed by atoms with Crippen molar-refractivity contribution in [2.24, 2.45) is 0 Å². The molecule has 0 saturated carbocycles. The summed E-state index contributed by atoms with van der Waals surface area (Å²) in [5.74, 6) is 0.198. The van der Waals surface area contributed by atoms with Crippen LogP contribution in [0.1, 0.15) is 49.2 Å². The molecule has 1 saturated heterocycles. The van der Waals surface area contributed by atoms with Crippen LogP contribution in [-0.4, -0.2) is 34.2 Å². The van der Waals surface area contributed by atoms with Gasteiger partial charge < -0.3 is 4.74 Å². The monoisotopic (exact) mass is 546 g/mol. The van der Waals surface area contributed by atoms with Crippen molar-refractivity contribution in [1.29, 1.82) is 0 Å². The highest BCUT2D eigenvalue weighted by molar-refractivity contribution is 14.1. The van der Waals surface area contributed by atoms with Crippen LogP contribution in [0.3, 0.4) is 0 Å². The molecule has 0 spiro atoms. The number of nitrogens with one attached hydrogen (secondary N) is 1. The molecule has 8 heteroatoms. The van der Waals surface area contributed by atoms with Crippen LogP contribution in [0.5, 0.6) is 5.75 Å². The van der Waals surface area contributed by atoms with E-state index in [1.165, 1.54) is 12.1 Å². The number of hydrogen-bond donors (Lipinski definition) is 1. The largest absolute Gasteiger partial charge is 0.482 e. The quantitative estimate of drug-likeness (QED) is 0.442. The summed E-state index contributed by atoms with van der Waals surface area (Å²) in [7, 11) is 0. The summed E-state index contributed by atoms with van der Waals surface area (Å²) in [4.78, 5) is 14.0. The second kappa shape index (κ2) is 8.15. The minimum atomic E-state index is -0.749. The van der Waals surface area contributed by atoms with Crippen LogP contribution in [0.15, 0.2) is 42.5 Å². The number of carbonyl (C=O) groups excluding carboxylic acids is 1. The van der Waals surface area contributed by atoms with Crippen molar-refractivity contribution in [1.82, 2.24) is 15.2 Å². The van der Waals surface area contributed by atoms with E-state index in [0.717, 1.165) is 58.5 Å². The third-order valence-electron chi connectivity index (χ3n) is 6.02. The number of H-pyrrole nitrogens is 1. The highest BCUT2D eigenvalue weighted by Gasteiger charge is 2.41. The van der Waals surface area contributed by atoms with E-state index < -0.39 is 5.60 Å². The number of aromatic nitrogens is 2. The highest BCUT2D eigenvalue weighted by Crippen LogP contribution is 2.46. The molecule has 2 aliphatic rings. The fourth-order valence-corrected chi connectivity index (χ4v) is 5.02. The summed E-state index contributed by atoms with van der Waals surface area (Å²) in [5.41, 5.74) is 2.60. The van der Waals surface area contributed by atoms with E-state index in [1.807, 2.05) is 37.1 Å². The average molecular weight is 546 g/mol. The van der Waals surface area contributed by atoms with Gasteiger partial charge >= 0.3 is 0 Å². The Labute approximate surface area is 199 Å². The summed E-state index contributed by atoms with van der Waals surface area (Å²) in [6.45, 7) is 5.43. The minimum Gasteiger partial charge on any atom is -0.482 e. The second-order valence-corrected chi connectivity index (χ2v) is 9.93. The van der Waals surface area contributed by atoms with Gasteiger partial charge in [0.05, 0.1) is 11.3 Å². The Morgan fingerprint density at radius 2 is 1.88 bits per heavy atom. The smallest absolute Gasteiger partial charge is 0.291 e. The van der Waals surface area contributed by atoms with Gasteiger partial charge in [-0.15, -0.1) is 0 Å². The number of rotatable bonds is 3. The summed E-state index contributed by atoms with van der Waals surface area (Å²) < 4.78 is 21.0. The Hall–Kier alpha value is -2.46. The Morgan fingerprint density at radius 1 is 1.16 bits per heavy atom. The zero-order chi connectivity index (χ0) is 22.5. The third kappa shape index (κ3) is 3.69. The number of ether oxygens (including phenoxy) is 1. The van der Waals surface area contributed by atoms with Gasteiger partial charge in [-0.25, -0.2) is 14.4 Å². The number of benzene rings is 2. The van der Waals surface area contributed by atoms with Crippen molar-refractivity contribution in [2.45, 2.75) is 38.7 Å². The van der Waals surface area contributed by atoms with E-state index in [2.05, 4.69) is 32.8 Å². The first-order valence-electron chi connectivity index (χ1n) is 10.8. The predicted molar refractivity (Wildman–Crippen MR) is 129 cm³/mol. The lowest BCUT2D eigenvalue weighted by Gasteiger charge is -2.38. The molecule has 2 aliphatic heterocycles. The molecule has 0 bridgehead atoms. The van der Waals surface area contributed by atoms with E-state index in [1.54, 1.807) is 17.1 Å². The number of anilines is 1. The van der Waals surface area contributed by atoms with E-state index in [-0.39, 0.29) is 11.7 Å². The topological polar surface area (TPSA) is 61.5 Å². The summed E-state index contributed by atoms with van der Waals surface area (Å²) in [6.07, 6.45) is 3.15. The number of piperidine rings is 1. The molecule has 1 aromatic heterocycles. The van der Waals surface area contributed by atoms with E-state index in [9.17, 15) is 9.18 Å². The zero-order valence-corrected chi connectivity index (χ0v) is 20.1. The SMILES string of the molecule is CC1(C)Oc2cc(I)ccc2-c2n[nH]c(C(=O)N(c3ccc(F)cc3)N3CCCCC3)c21. The number of hydrogen-bond acceptors (Lipinski definition) is 4. The number of fused-ring (bicyclic) bond motifs is 3. The maximum Gasteiger partial charge on any atom is 0.291 e. The summed E-state index contributed by atoms with van der Waals surface area (Å²) in [6, 6.07) is 12.0. The molecule has 1 N–H and O–H groups in total. The number of nitrogens with zero attached hydrogens (tertiary/aromatic N) is 3. The molecule has 0 aliphatic carbocycles. The Bertz CT molecular complexity index is 1170. The molecule has 166 valence electrons. The van der Waals surface area contributed by atoms with Crippen molar-refractivity contribution >= 4 is 34.2 Å². The van der Waals surface area contributed by atoms with Gasteiger partial charge in [0.2, 0.25) is 0 Å². The summed E-state index contributed by atoms with van der Waals surface area (Å²) >= 11 is 2.25. The lowest BCUT2D eigenvalue weighted by Crippen LogP contribution is -2.50. The molecular weight excluding hydrogens is 522 g/mol. The molecule has 6 nitrogen and oxygen atoms in total. The molecule has 5 rings (SSSR count). The lowest BCUT2D eigenvalue weighted by molar-refractivity contribution is 0.0832. The van der Waals surface area contributed by atoms with Gasteiger partial charge in [-0.1, -0.05) is 6.42 Å². The van der Waals surface area contributed by atoms with Crippen LogP contribution in [0.25, 0.3) is 11.3 Å². The van der Waals surface area contributed by atoms with Crippen LogP contribution < -0.4 is 9.75 Å². The Balaban J connectivity index is 1.61. The second-order valence-electron chi connectivity index (χ2n) is 8.68. The molecular formula is C24H24FIN4O2. The van der Waals surface area contributed by atoms with Gasteiger partial charge in [0, 0.05) is 22.2 Å². The molecule has 2 aromatic carbocycles. The maximum atomic E-state index is 14.0. The van der Waals surface area contributed by atoms with Gasteiger partial charge in [-0.2, -0.15) is 5.10 Å². The normalized spacial score (nSPS) is 17.2. The number of hydrazine groups is 1. The van der Waals surface area contributed by atoms with Gasteiger partial charge in [0.15, 0.2) is 0 Å². The van der Waals surface area contributed by atoms with Crippen LogP contribution in [0, 0.1) is 9.39 Å². The third-order valence-corrected chi connectivity index (χ3v) is 6.70.